The Balaban J connectivity index is 1.90. The number of benzene rings is 2. The smallest absolute Gasteiger partial charge is 0.272 e. The van der Waals surface area contributed by atoms with Crippen LogP contribution in [0.1, 0.15) is 58.2 Å². The SMILES string of the molecule is Cc1c(C)c(C(=O)Nc2ccc(C(C)C)cc2)n(Cc2ccc(F)cc2)c1C. The number of nitrogens with zero attached hydrogens (tertiary/aromatic N) is 1. The lowest BCUT2D eigenvalue weighted by Crippen LogP contribution is -2.19. The first-order valence-electron chi connectivity index (χ1n) is 9.60. The Bertz CT molecular complexity index is 983. The number of aromatic nitrogens is 1. The average Bonchev–Trinajstić information content (AvgIpc) is 2.88. The highest BCUT2D eigenvalue weighted by atomic mass is 19.1. The van der Waals surface area contributed by atoms with Crippen LogP contribution in [0, 0.1) is 26.6 Å². The molecule has 3 rings (SSSR count). The second-order valence-electron chi connectivity index (χ2n) is 7.63. The summed E-state index contributed by atoms with van der Waals surface area (Å²) >= 11 is 0. The van der Waals surface area contributed by atoms with Crippen LogP contribution in [-0.4, -0.2) is 10.5 Å². The van der Waals surface area contributed by atoms with Crippen molar-refractivity contribution in [3.05, 3.63) is 88.0 Å². The molecule has 146 valence electrons. The molecule has 3 nitrogen and oxygen atoms in total. The van der Waals surface area contributed by atoms with E-state index >= 15 is 0 Å². The maximum atomic E-state index is 13.2. The van der Waals surface area contributed by atoms with Crippen molar-refractivity contribution in [3.63, 3.8) is 0 Å². The van der Waals surface area contributed by atoms with Crippen LogP contribution >= 0.6 is 0 Å². The Morgan fingerprint density at radius 3 is 2.14 bits per heavy atom. The Kier molecular flexibility index (Phi) is 5.68. The van der Waals surface area contributed by atoms with Crippen molar-refractivity contribution in [1.29, 1.82) is 0 Å². The number of rotatable bonds is 5. The van der Waals surface area contributed by atoms with Crippen LogP contribution in [0.3, 0.4) is 0 Å². The molecule has 28 heavy (non-hydrogen) atoms. The molecule has 2 aromatic carbocycles. The summed E-state index contributed by atoms with van der Waals surface area (Å²) in [5.74, 6) is 0.0569. The maximum absolute atomic E-state index is 13.2. The average molecular weight is 378 g/mol. The van der Waals surface area contributed by atoms with E-state index in [1.54, 1.807) is 12.1 Å². The Morgan fingerprint density at radius 1 is 0.964 bits per heavy atom. The number of halogens is 1. The predicted octanol–water partition coefficient (Wildman–Crippen LogP) is 5.98. The zero-order chi connectivity index (χ0) is 20.4. The monoisotopic (exact) mass is 378 g/mol. The number of amides is 1. The highest BCUT2D eigenvalue weighted by Crippen LogP contribution is 2.24. The summed E-state index contributed by atoms with van der Waals surface area (Å²) in [5, 5.41) is 3.02. The number of hydrogen-bond acceptors (Lipinski definition) is 1. The Hall–Kier alpha value is -2.88. The van der Waals surface area contributed by atoms with Crippen molar-refractivity contribution in [2.45, 2.75) is 47.1 Å². The molecule has 1 heterocycles. The second kappa shape index (κ2) is 8.01. The fraction of sp³-hybridized carbons (Fsp3) is 0.292. The van der Waals surface area contributed by atoms with Crippen LogP contribution in [0.4, 0.5) is 10.1 Å². The molecule has 3 aromatic rings. The third-order valence-corrected chi connectivity index (χ3v) is 5.44. The fourth-order valence-electron chi connectivity index (χ4n) is 3.43. The minimum Gasteiger partial charge on any atom is -0.336 e. The molecule has 0 aliphatic rings. The number of hydrogen-bond donors (Lipinski definition) is 1. The van der Waals surface area contributed by atoms with Gasteiger partial charge in [0.15, 0.2) is 0 Å². The first kappa shape index (κ1) is 19.9. The summed E-state index contributed by atoms with van der Waals surface area (Å²) in [6.45, 7) is 10.8. The molecule has 0 bridgehead atoms. The molecule has 0 radical (unpaired) electrons. The van der Waals surface area contributed by atoms with Crippen LogP contribution < -0.4 is 5.32 Å². The molecule has 0 saturated heterocycles. The molecule has 0 atom stereocenters. The van der Waals surface area contributed by atoms with Crippen molar-refractivity contribution >= 4 is 11.6 Å². The van der Waals surface area contributed by atoms with Gasteiger partial charge in [-0.25, -0.2) is 4.39 Å². The van der Waals surface area contributed by atoms with Crippen molar-refractivity contribution in [1.82, 2.24) is 4.57 Å². The summed E-state index contributed by atoms with van der Waals surface area (Å²) in [7, 11) is 0. The van der Waals surface area contributed by atoms with E-state index in [1.165, 1.54) is 17.7 Å². The first-order valence-corrected chi connectivity index (χ1v) is 9.60. The van der Waals surface area contributed by atoms with Gasteiger partial charge in [0.05, 0.1) is 0 Å². The number of nitrogens with one attached hydrogen (secondary N) is 1. The van der Waals surface area contributed by atoms with E-state index in [4.69, 9.17) is 0 Å². The van der Waals surface area contributed by atoms with E-state index in [2.05, 4.69) is 19.2 Å². The molecule has 1 amide bonds. The molecule has 1 aromatic heterocycles. The normalized spacial score (nSPS) is 11.1. The maximum Gasteiger partial charge on any atom is 0.272 e. The van der Waals surface area contributed by atoms with Gasteiger partial charge in [0.25, 0.3) is 5.91 Å². The molecule has 0 aliphatic heterocycles. The summed E-state index contributed by atoms with van der Waals surface area (Å²) in [4.78, 5) is 13.1. The predicted molar refractivity (Wildman–Crippen MR) is 113 cm³/mol. The number of anilines is 1. The van der Waals surface area contributed by atoms with Gasteiger partial charge in [0, 0.05) is 17.9 Å². The molecule has 1 N–H and O–H groups in total. The number of carbonyl (C=O) groups is 1. The largest absolute Gasteiger partial charge is 0.336 e. The summed E-state index contributed by atoms with van der Waals surface area (Å²) in [6.07, 6.45) is 0. The highest BCUT2D eigenvalue weighted by molar-refractivity contribution is 6.04. The second-order valence-corrected chi connectivity index (χ2v) is 7.63. The Labute approximate surface area is 166 Å². The zero-order valence-electron chi connectivity index (χ0n) is 17.1. The lowest BCUT2D eigenvalue weighted by molar-refractivity contribution is 0.101. The molecular weight excluding hydrogens is 351 g/mol. The van der Waals surface area contributed by atoms with Crippen molar-refractivity contribution < 1.29 is 9.18 Å². The van der Waals surface area contributed by atoms with Crippen LogP contribution in [0.15, 0.2) is 48.5 Å². The van der Waals surface area contributed by atoms with Crippen LogP contribution in [0.5, 0.6) is 0 Å². The molecule has 0 spiro atoms. The fourth-order valence-corrected chi connectivity index (χ4v) is 3.43. The summed E-state index contributed by atoms with van der Waals surface area (Å²) in [5.41, 5.74) is 6.72. The van der Waals surface area contributed by atoms with Gasteiger partial charge in [-0.1, -0.05) is 38.1 Å². The summed E-state index contributed by atoms with van der Waals surface area (Å²) in [6, 6.07) is 14.4. The topological polar surface area (TPSA) is 34.0 Å². The Morgan fingerprint density at radius 2 is 1.57 bits per heavy atom. The van der Waals surface area contributed by atoms with E-state index in [0.29, 0.717) is 18.2 Å². The van der Waals surface area contributed by atoms with E-state index in [9.17, 15) is 9.18 Å². The van der Waals surface area contributed by atoms with Crippen molar-refractivity contribution in [2.24, 2.45) is 0 Å². The van der Waals surface area contributed by atoms with E-state index in [0.717, 1.165) is 28.1 Å². The van der Waals surface area contributed by atoms with Gasteiger partial charge in [-0.3, -0.25) is 4.79 Å². The summed E-state index contributed by atoms with van der Waals surface area (Å²) < 4.78 is 15.2. The molecule has 0 fully saturated rings. The standard InChI is InChI=1S/C24H27FN2O/c1-15(2)20-8-12-22(13-9-20)26-24(28)23-17(4)16(3)18(5)27(23)14-19-6-10-21(25)11-7-19/h6-13,15H,14H2,1-5H3,(H,26,28). The quantitative estimate of drug-likeness (QED) is 0.582. The molecule has 0 saturated carbocycles. The molecule has 0 unspecified atom stereocenters. The van der Waals surface area contributed by atoms with Gasteiger partial charge in [-0.2, -0.15) is 0 Å². The van der Waals surface area contributed by atoms with E-state index < -0.39 is 0 Å². The van der Waals surface area contributed by atoms with Crippen LogP contribution in [0.2, 0.25) is 0 Å². The number of carbonyl (C=O) groups excluding carboxylic acids is 1. The van der Waals surface area contributed by atoms with Gasteiger partial charge in [-0.05, 0) is 73.2 Å². The first-order chi connectivity index (χ1) is 13.3. The van der Waals surface area contributed by atoms with Crippen molar-refractivity contribution in [3.8, 4) is 0 Å². The van der Waals surface area contributed by atoms with Crippen molar-refractivity contribution in [2.75, 3.05) is 5.32 Å². The highest BCUT2D eigenvalue weighted by Gasteiger charge is 2.21. The van der Waals surface area contributed by atoms with E-state index in [1.807, 2.05) is 49.6 Å². The minimum atomic E-state index is -0.261. The third-order valence-electron chi connectivity index (χ3n) is 5.44. The lowest BCUT2D eigenvalue weighted by atomic mass is 10.0. The third kappa shape index (κ3) is 4.01. The van der Waals surface area contributed by atoms with Gasteiger partial charge in [0.1, 0.15) is 11.5 Å². The molecule has 0 aliphatic carbocycles. The van der Waals surface area contributed by atoms with Gasteiger partial charge in [-0.15, -0.1) is 0 Å². The molecule has 4 heteroatoms. The van der Waals surface area contributed by atoms with Gasteiger partial charge >= 0.3 is 0 Å². The lowest BCUT2D eigenvalue weighted by Gasteiger charge is -2.14. The zero-order valence-corrected chi connectivity index (χ0v) is 17.1. The van der Waals surface area contributed by atoms with Gasteiger partial charge in [0.2, 0.25) is 0 Å². The molecular formula is C24H27FN2O. The van der Waals surface area contributed by atoms with E-state index in [-0.39, 0.29) is 11.7 Å². The van der Waals surface area contributed by atoms with Crippen LogP contribution in [0.25, 0.3) is 0 Å². The van der Waals surface area contributed by atoms with Gasteiger partial charge < -0.3 is 9.88 Å². The minimum absolute atomic E-state index is 0.131. The van der Waals surface area contributed by atoms with Crippen LogP contribution in [-0.2, 0) is 6.54 Å².